The Balaban J connectivity index is 2.14. The molecule has 3 N–H and O–H groups in total. The van der Waals surface area contributed by atoms with E-state index < -0.39 is 5.54 Å². The lowest BCUT2D eigenvalue weighted by Crippen LogP contribution is -2.52. The number of aromatic nitrogens is 1. The van der Waals surface area contributed by atoms with E-state index in [2.05, 4.69) is 10.3 Å². The van der Waals surface area contributed by atoms with E-state index in [-0.39, 0.29) is 18.4 Å². The summed E-state index contributed by atoms with van der Waals surface area (Å²) in [6, 6.07) is 1.77. The maximum absolute atomic E-state index is 12.3. The van der Waals surface area contributed by atoms with Crippen LogP contribution in [0.2, 0.25) is 0 Å². The van der Waals surface area contributed by atoms with E-state index in [1.807, 2.05) is 13.8 Å². The molecule has 0 aromatic carbocycles. The molecule has 1 aromatic heterocycles. The number of aliphatic hydroxyl groups is 1. The van der Waals surface area contributed by atoms with Crippen molar-refractivity contribution in [2.24, 2.45) is 0 Å². The number of ether oxygens (including phenoxy) is 1. The van der Waals surface area contributed by atoms with Crippen LogP contribution in [0.4, 0.5) is 0 Å². The van der Waals surface area contributed by atoms with Crippen molar-refractivity contribution < 1.29 is 14.6 Å². The third-order valence-corrected chi connectivity index (χ3v) is 3.39. The highest BCUT2D eigenvalue weighted by molar-refractivity contribution is 5.96. The van der Waals surface area contributed by atoms with Gasteiger partial charge in [-0.25, -0.2) is 0 Å². The molecule has 0 spiro atoms. The van der Waals surface area contributed by atoms with Gasteiger partial charge in [0.2, 0.25) is 0 Å². The van der Waals surface area contributed by atoms with Gasteiger partial charge in [-0.1, -0.05) is 13.8 Å². The maximum atomic E-state index is 12.3. The summed E-state index contributed by atoms with van der Waals surface area (Å²) in [5.74, 6) is 0.102. The van der Waals surface area contributed by atoms with E-state index in [9.17, 15) is 9.90 Å². The van der Waals surface area contributed by atoms with Crippen molar-refractivity contribution in [3.8, 4) is 0 Å². The minimum atomic E-state index is -0.622. The summed E-state index contributed by atoms with van der Waals surface area (Å²) in [6.07, 6.45) is 2.41. The standard InChI is InChI=1S/C13H20N2O3/c1-9(2)11-10(3-5-14-11)12(17)15-13(7-16)4-6-18-8-13/h3,5,9,14,16H,4,6-8H2,1-2H3,(H,15,17). The lowest BCUT2D eigenvalue weighted by molar-refractivity contribution is 0.0788. The van der Waals surface area contributed by atoms with Crippen molar-refractivity contribution in [1.29, 1.82) is 0 Å². The maximum Gasteiger partial charge on any atom is 0.253 e. The van der Waals surface area contributed by atoms with Crippen LogP contribution in [0, 0.1) is 0 Å². The Labute approximate surface area is 107 Å². The SMILES string of the molecule is CC(C)c1[nH]ccc1C(=O)NC1(CO)CCOC1. The third kappa shape index (κ3) is 2.42. The Bertz CT molecular complexity index is 420. The zero-order chi connectivity index (χ0) is 13.2. The van der Waals surface area contributed by atoms with Crippen LogP contribution in [0.15, 0.2) is 12.3 Å². The lowest BCUT2D eigenvalue weighted by Gasteiger charge is -2.26. The van der Waals surface area contributed by atoms with E-state index in [1.54, 1.807) is 12.3 Å². The monoisotopic (exact) mass is 252 g/mol. The summed E-state index contributed by atoms with van der Waals surface area (Å²) in [5, 5.41) is 12.3. The third-order valence-electron chi connectivity index (χ3n) is 3.39. The van der Waals surface area contributed by atoms with Crippen molar-refractivity contribution in [2.45, 2.75) is 31.7 Å². The second-order valence-corrected chi connectivity index (χ2v) is 5.15. The van der Waals surface area contributed by atoms with E-state index in [0.29, 0.717) is 25.2 Å². The molecule has 0 radical (unpaired) electrons. The molecule has 1 aromatic rings. The fraction of sp³-hybridized carbons (Fsp3) is 0.615. The molecular weight excluding hydrogens is 232 g/mol. The molecule has 5 nitrogen and oxygen atoms in total. The van der Waals surface area contributed by atoms with Gasteiger partial charge in [0, 0.05) is 18.5 Å². The minimum Gasteiger partial charge on any atom is -0.394 e. The number of aromatic amines is 1. The highest BCUT2D eigenvalue weighted by Crippen LogP contribution is 2.21. The summed E-state index contributed by atoms with van der Waals surface area (Å²) >= 11 is 0. The van der Waals surface area contributed by atoms with Gasteiger partial charge in [-0.3, -0.25) is 4.79 Å². The molecule has 1 aliphatic rings. The summed E-state index contributed by atoms with van der Waals surface area (Å²) in [6.45, 7) is 4.91. The molecule has 1 saturated heterocycles. The van der Waals surface area contributed by atoms with Crippen molar-refractivity contribution in [2.75, 3.05) is 19.8 Å². The number of aliphatic hydroxyl groups excluding tert-OH is 1. The number of hydrogen-bond donors (Lipinski definition) is 3. The Kier molecular flexibility index (Phi) is 3.73. The molecule has 0 saturated carbocycles. The van der Waals surface area contributed by atoms with Crippen LogP contribution in [0.5, 0.6) is 0 Å². The average molecular weight is 252 g/mol. The Morgan fingerprint density at radius 1 is 1.67 bits per heavy atom. The van der Waals surface area contributed by atoms with Crippen LogP contribution in [0.1, 0.15) is 42.2 Å². The fourth-order valence-electron chi connectivity index (χ4n) is 2.24. The summed E-state index contributed by atoms with van der Waals surface area (Å²) in [7, 11) is 0. The lowest BCUT2D eigenvalue weighted by atomic mass is 9.98. The first kappa shape index (κ1) is 13.1. The highest BCUT2D eigenvalue weighted by Gasteiger charge is 2.36. The molecule has 18 heavy (non-hydrogen) atoms. The van der Waals surface area contributed by atoms with Crippen molar-refractivity contribution in [3.63, 3.8) is 0 Å². The molecule has 1 aliphatic heterocycles. The van der Waals surface area contributed by atoms with E-state index in [4.69, 9.17) is 4.74 Å². The first-order chi connectivity index (χ1) is 8.58. The summed E-state index contributed by atoms with van der Waals surface area (Å²) < 4.78 is 5.26. The second-order valence-electron chi connectivity index (χ2n) is 5.15. The predicted octanol–water partition coefficient (Wildman–Crippen LogP) is 1.02. The number of amides is 1. The van der Waals surface area contributed by atoms with Crippen LogP contribution in [-0.4, -0.2) is 41.4 Å². The molecule has 100 valence electrons. The molecule has 5 heteroatoms. The Morgan fingerprint density at radius 3 is 3.00 bits per heavy atom. The van der Waals surface area contributed by atoms with Crippen LogP contribution < -0.4 is 5.32 Å². The van der Waals surface area contributed by atoms with Gasteiger partial charge >= 0.3 is 0 Å². The normalized spacial score (nSPS) is 23.6. The molecule has 1 fully saturated rings. The number of hydrogen-bond acceptors (Lipinski definition) is 3. The molecule has 1 amide bonds. The van der Waals surface area contributed by atoms with Gasteiger partial charge in [0.1, 0.15) is 0 Å². The smallest absolute Gasteiger partial charge is 0.253 e. The van der Waals surface area contributed by atoms with E-state index in [1.165, 1.54) is 0 Å². The largest absolute Gasteiger partial charge is 0.394 e. The van der Waals surface area contributed by atoms with Gasteiger partial charge in [-0.2, -0.15) is 0 Å². The van der Waals surface area contributed by atoms with Crippen LogP contribution >= 0.6 is 0 Å². The van der Waals surface area contributed by atoms with Gasteiger partial charge in [0.15, 0.2) is 0 Å². The summed E-state index contributed by atoms with van der Waals surface area (Å²) in [5.41, 5.74) is 0.937. The number of carbonyl (C=O) groups excluding carboxylic acids is 1. The average Bonchev–Trinajstić information content (AvgIpc) is 2.97. The van der Waals surface area contributed by atoms with E-state index in [0.717, 1.165) is 5.69 Å². The fourth-order valence-corrected chi connectivity index (χ4v) is 2.24. The number of H-pyrrole nitrogens is 1. The first-order valence-electron chi connectivity index (χ1n) is 6.26. The van der Waals surface area contributed by atoms with Crippen LogP contribution in [0.3, 0.4) is 0 Å². The number of nitrogens with one attached hydrogen (secondary N) is 2. The topological polar surface area (TPSA) is 74.4 Å². The molecule has 2 heterocycles. The van der Waals surface area contributed by atoms with Gasteiger partial charge in [0.25, 0.3) is 5.91 Å². The predicted molar refractivity (Wildman–Crippen MR) is 67.6 cm³/mol. The van der Waals surface area contributed by atoms with Gasteiger partial charge in [-0.15, -0.1) is 0 Å². The van der Waals surface area contributed by atoms with Gasteiger partial charge in [0.05, 0.1) is 24.3 Å². The zero-order valence-electron chi connectivity index (χ0n) is 10.8. The van der Waals surface area contributed by atoms with Crippen molar-refractivity contribution in [1.82, 2.24) is 10.3 Å². The minimum absolute atomic E-state index is 0.0970. The molecule has 0 aliphatic carbocycles. The number of rotatable bonds is 4. The molecule has 2 rings (SSSR count). The Hall–Kier alpha value is -1.33. The highest BCUT2D eigenvalue weighted by atomic mass is 16.5. The first-order valence-corrected chi connectivity index (χ1v) is 6.26. The molecule has 1 atom stereocenters. The zero-order valence-corrected chi connectivity index (χ0v) is 10.8. The van der Waals surface area contributed by atoms with Crippen molar-refractivity contribution >= 4 is 5.91 Å². The van der Waals surface area contributed by atoms with Gasteiger partial charge < -0.3 is 20.1 Å². The number of carbonyl (C=O) groups is 1. The molecule has 0 bridgehead atoms. The quantitative estimate of drug-likeness (QED) is 0.749. The van der Waals surface area contributed by atoms with E-state index >= 15 is 0 Å². The summed E-state index contributed by atoms with van der Waals surface area (Å²) in [4.78, 5) is 15.3. The second kappa shape index (κ2) is 5.12. The molecule has 1 unspecified atom stereocenters. The van der Waals surface area contributed by atoms with Crippen molar-refractivity contribution in [3.05, 3.63) is 23.5 Å². The Morgan fingerprint density at radius 2 is 2.44 bits per heavy atom. The van der Waals surface area contributed by atoms with Gasteiger partial charge in [-0.05, 0) is 18.4 Å². The van der Waals surface area contributed by atoms with Crippen LogP contribution in [0.25, 0.3) is 0 Å². The molecular formula is C13H20N2O3. The van der Waals surface area contributed by atoms with Crippen LogP contribution in [-0.2, 0) is 4.74 Å².